The number of carbonyl (C=O) groups is 2. The number of amides is 1. The van der Waals surface area contributed by atoms with Crippen molar-refractivity contribution in [2.75, 3.05) is 13.6 Å². The fraction of sp³-hybridized carbons (Fsp3) is 0.529. The van der Waals surface area contributed by atoms with Gasteiger partial charge in [-0.15, -0.1) is 0 Å². The molecule has 5 nitrogen and oxygen atoms in total. The number of esters is 1. The van der Waals surface area contributed by atoms with Crippen molar-refractivity contribution < 1.29 is 14.3 Å². The van der Waals surface area contributed by atoms with E-state index in [-0.39, 0.29) is 30.4 Å². The summed E-state index contributed by atoms with van der Waals surface area (Å²) >= 11 is 0. The second-order valence-electron chi connectivity index (χ2n) is 5.63. The number of hydrogen-bond acceptors (Lipinski definition) is 4. The lowest BCUT2D eigenvalue weighted by Crippen LogP contribution is -2.32. The van der Waals surface area contributed by atoms with Gasteiger partial charge in [0.25, 0.3) is 0 Å². The van der Waals surface area contributed by atoms with Gasteiger partial charge in [0.2, 0.25) is 5.91 Å². The average Bonchev–Trinajstić information content (AvgIpc) is 2.44. The lowest BCUT2D eigenvalue weighted by molar-refractivity contribution is -0.148. The molecule has 5 heteroatoms. The van der Waals surface area contributed by atoms with Crippen LogP contribution < -0.4 is 10.6 Å². The van der Waals surface area contributed by atoms with E-state index in [1.807, 2.05) is 45.0 Å². The van der Waals surface area contributed by atoms with Gasteiger partial charge in [-0.05, 0) is 33.4 Å². The molecule has 122 valence electrons. The molecular weight excluding hydrogens is 280 g/mol. The van der Waals surface area contributed by atoms with Crippen molar-refractivity contribution in [3.8, 4) is 0 Å². The highest BCUT2D eigenvalue weighted by Gasteiger charge is 2.19. The molecule has 0 heterocycles. The Kier molecular flexibility index (Phi) is 7.60. The fourth-order valence-electron chi connectivity index (χ4n) is 2.03. The minimum absolute atomic E-state index is 0.0859. The minimum Gasteiger partial charge on any atom is -0.463 e. The predicted octanol–water partition coefficient (Wildman–Crippen LogP) is 2.10. The topological polar surface area (TPSA) is 67.4 Å². The number of hydrogen-bond donors (Lipinski definition) is 2. The third-order valence-corrected chi connectivity index (χ3v) is 3.15. The second kappa shape index (κ2) is 9.20. The van der Waals surface area contributed by atoms with Gasteiger partial charge in [-0.1, -0.05) is 29.8 Å². The Labute approximate surface area is 132 Å². The SMILES string of the molecule is CNCCC(=O)NC(CC(=O)OC(C)C)c1ccc(C)cc1. The van der Waals surface area contributed by atoms with Crippen molar-refractivity contribution in [1.82, 2.24) is 10.6 Å². The molecule has 1 unspecified atom stereocenters. The summed E-state index contributed by atoms with van der Waals surface area (Å²) in [5.74, 6) is -0.397. The number of rotatable bonds is 8. The molecule has 0 bridgehead atoms. The van der Waals surface area contributed by atoms with Gasteiger partial charge in [0, 0.05) is 13.0 Å². The molecule has 2 N–H and O–H groups in total. The third kappa shape index (κ3) is 6.72. The summed E-state index contributed by atoms with van der Waals surface area (Å²) in [6.07, 6.45) is 0.344. The Morgan fingerprint density at radius 2 is 1.82 bits per heavy atom. The fourth-order valence-corrected chi connectivity index (χ4v) is 2.03. The monoisotopic (exact) mass is 306 g/mol. The number of ether oxygens (including phenoxy) is 1. The van der Waals surface area contributed by atoms with Gasteiger partial charge >= 0.3 is 5.97 Å². The van der Waals surface area contributed by atoms with E-state index < -0.39 is 0 Å². The van der Waals surface area contributed by atoms with Crippen LogP contribution in [0.1, 0.15) is 43.9 Å². The van der Waals surface area contributed by atoms with Crippen molar-refractivity contribution in [3.63, 3.8) is 0 Å². The van der Waals surface area contributed by atoms with Crippen molar-refractivity contribution >= 4 is 11.9 Å². The van der Waals surface area contributed by atoms with Crippen LogP contribution in [0, 0.1) is 6.92 Å². The first-order valence-electron chi connectivity index (χ1n) is 7.62. The summed E-state index contributed by atoms with van der Waals surface area (Å²) in [6, 6.07) is 7.43. The van der Waals surface area contributed by atoms with Crippen molar-refractivity contribution in [2.24, 2.45) is 0 Å². The van der Waals surface area contributed by atoms with Gasteiger partial charge in [-0.25, -0.2) is 0 Å². The van der Waals surface area contributed by atoms with Crippen LogP contribution in [0.3, 0.4) is 0 Å². The lowest BCUT2D eigenvalue weighted by atomic mass is 10.0. The molecule has 22 heavy (non-hydrogen) atoms. The predicted molar refractivity (Wildman–Crippen MR) is 86.5 cm³/mol. The molecule has 0 fully saturated rings. The molecule has 0 spiro atoms. The standard InChI is InChI=1S/C17H26N2O3/c1-12(2)22-17(21)11-15(19-16(20)9-10-18-4)14-7-5-13(3)6-8-14/h5-8,12,15,18H,9-11H2,1-4H3,(H,19,20). The molecule has 1 amide bonds. The summed E-state index contributed by atoms with van der Waals surface area (Å²) < 4.78 is 5.19. The van der Waals surface area contributed by atoms with E-state index in [0.29, 0.717) is 13.0 Å². The van der Waals surface area contributed by atoms with Crippen molar-refractivity contribution in [3.05, 3.63) is 35.4 Å². The van der Waals surface area contributed by atoms with Crippen LogP contribution in [0.25, 0.3) is 0 Å². The Hall–Kier alpha value is -1.88. The summed E-state index contributed by atoms with van der Waals surface area (Å²) in [4.78, 5) is 23.9. The molecule has 1 aromatic carbocycles. The molecule has 0 aliphatic carbocycles. The summed E-state index contributed by atoms with van der Waals surface area (Å²) in [5, 5.41) is 5.85. The Balaban J connectivity index is 2.78. The van der Waals surface area contributed by atoms with E-state index >= 15 is 0 Å². The van der Waals surface area contributed by atoms with Crippen LogP contribution in [0.2, 0.25) is 0 Å². The van der Waals surface area contributed by atoms with Gasteiger partial charge in [0.05, 0.1) is 18.6 Å². The molecule has 1 atom stereocenters. The highest BCUT2D eigenvalue weighted by Crippen LogP contribution is 2.19. The van der Waals surface area contributed by atoms with Crippen LogP contribution in [0.4, 0.5) is 0 Å². The number of aryl methyl sites for hydroxylation is 1. The largest absolute Gasteiger partial charge is 0.463 e. The molecule has 0 aromatic heterocycles. The molecule has 0 aliphatic heterocycles. The maximum Gasteiger partial charge on any atom is 0.308 e. The normalized spacial score (nSPS) is 12.0. The van der Waals surface area contributed by atoms with Crippen LogP contribution in [-0.2, 0) is 14.3 Å². The van der Waals surface area contributed by atoms with Crippen LogP contribution in [0.15, 0.2) is 24.3 Å². The number of benzene rings is 1. The number of carbonyl (C=O) groups excluding carboxylic acids is 2. The average molecular weight is 306 g/mol. The van der Waals surface area contributed by atoms with Gasteiger partial charge in [-0.3, -0.25) is 9.59 Å². The van der Waals surface area contributed by atoms with E-state index in [2.05, 4.69) is 10.6 Å². The van der Waals surface area contributed by atoms with Crippen molar-refractivity contribution in [2.45, 2.75) is 45.8 Å². The lowest BCUT2D eigenvalue weighted by Gasteiger charge is -2.19. The smallest absolute Gasteiger partial charge is 0.308 e. The molecule has 0 radical (unpaired) electrons. The molecule has 1 rings (SSSR count). The van der Waals surface area contributed by atoms with E-state index in [9.17, 15) is 9.59 Å². The van der Waals surface area contributed by atoms with Crippen LogP contribution in [0.5, 0.6) is 0 Å². The van der Waals surface area contributed by atoms with Crippen LogP contribution >= 0.6 is 0 Å². The van der Waals surface area contributed by atoms with Gasteiger partial charge < -0.3 is 15.4 Å². The summed E-state index contributed by atoms with van der Waals surface area (Å²) in [7, 11) is 1.80. The molecule has 1 aromatic rings. The molecule has 0 aliphatic rings. The van der Waals surface area contributed by atoms with E-state index in [1.54, 1.807) is 7.05 Å². The third-order valence-electron chi connectivity index (χ3n) is 3.15. The quantitative estimate of drug-likeness (QED) is 0.722. The van der Waals surface area contributed by atoms with E-state index in [1.165, 1.54) is 0 Å². The maximum absolute atomic E-state index is 12.0. The zero-order valence-corrected chi connectivity index (χ0v) is 13.8. The Morgan fingerprint density at radius 3 is 2.36 bits per heavy atom. The maximum atomic E-state index is 12.0. The summed E-state index contributed by atoms with van der Waals surface area (Å²) in [6.45, 7) is 6.22. The van der Waals surface area contributed by atoms with Crippen molar-refractivity contribution in [1.29, 1.82) is 0 Å². The highest BCUT2D eigenvalue weighted by molar-refractivity contribution is 5.78. The Morgan fingerprint density at radius 1 is 1.18 bits per heavy atom. The first kappa shape index (κ1) is 18.2. The van der Waals surface area contributed by atoms with Gasteiger partial charge in [0.1, 0.15) is 0 Å². The summed E-state index contributed by atoms with van der Waals surface area (Å²) in [5.41, 5.74) is 2.04. The minimum atomic E-state index is -0.365. The highest BCUT2D eigenvalue weighted by atomic mass is 16.5. The number of nitrogens with one attached hydrogen (secondary N) is 2. The first-order chi connectivity index (χ1) is 10.4. The Bertz CT molecular complexity index is 483. The van der Waals surface area contributed by atoms with Gasteiger partial charge in [0.15, 0.2) is 0 Å². The van der Waals surface area contributed by atoms with Crippen LogP contribution in [-0.4, -0.2) is 31.6 Å². The zero-order chi connectivity index (χ0) is 16.5. The molecule has 0 saturated carbocycles. The van der Waals surface area contributed by atoms with E-state index in [0.717, 1.165) is 11.1 Å². The molecule has 0 saturated heterocycles. The second-order valence-corrected chi connectivity index (χ2v) is 5.63. The molecular formula is C17H26N2O3. The van der Waals surface area contributed by atoms with Gasteiger partial charge in [-0.2, -0.15) is 0 Å². The zero-order valence-electron chi connectivity index (χ0n) is 13.8. The van der Waals surface area contributed by atoms with E-state index in [4.69, 9.17) is 4.74 Å². The first-order valence-corrected chi connectivity index (χ1v) is 7.62.